The van der Waals surface area contributed by atoms with Crippen molar-refractivity contribution in [1.29, 1.82) is 0 Å². The first-order chi connectivity index (χ1) is 24.8. The first-order valence-corrected chi connectivity index (χ1v) is 19.7. The molecule has 8 rings (SSSR count). The van der Waals surface area contributed by atoms with Crippen molar-refractivity contribution in [2.75, 3.05) is 53.4 Å². The number of likely N-dealkylation sites (tertiary alicyclic amines) is 1. The molecular weight excluding hydrogens is 692 g/mol. The number of aliphatic hydroxyl groups is 2. The fourth-order valence-corrected chi connectivity index (χ4v) is 13.8. The van der Waals surface area contributed by atoms with Crippen LogP contribution >= 0.6 is 0 Å². The summed E-state index contributed by atoms with van der Waals surface area (Å²) >= 11 is 0. The number of nitrogens with one attached hydrogen (secondary N) is 1. The smallest absolute Gasteiger partial charge is 0.340 e. The summed E-state index contributed by atoms with van der Waals surface area (Å²) in [7, 11) is 3.61. The summed E-state index contributed by atoms with van der Waals surface area (Å²) in [4.78, 5) is 16.8. The third-order valence-electron chi connectivity index (χ3n) is 14.2. The van der Waals surface area contributed by atoms with Crippen LogP contribution in [0.5, 0.6) is 11.5 Å². The molecule has 284 valence electrons. The van der Waals surface area contributed by atoms with Crippen molar-refractivity contribution in [3.8, 4) is 11.5 Å². The lowest BCUT2D eigenvalue weighted by Gasteiger charge is -2.70. The highest BCUT2D eigenvalue weighted by atomic mass is 32.2. The average molecular weight is 743 g/mol. The van der Waals surface area contributed by atoms with Crippen LogP contribution in [0.3, 0.4) is 0 Å². The number of anilines is 1. The second-order valence-corrected chi connectivity index (χ2v) is 17.3. The number of hydrogen-bond acceptors (Lipinski definition) is 12. The summed E-state index contributed by atoms with van der Waals surface area (Å²) < 4.78 is 65.9. The molecule has 1 saturated heterocycles. The number of likely N-dealkylation sites (N-methyl/N-ethyl adjacent to an activating group) is 1. The minimum Gasteiger partial charge on any atom is -0.497 e. The van der Waals surface area contributed by atoms with Crippen LogP contribution in [0.2, 0.25) is 0 Å². The monoisotopic (exact) mass is 742 g/mol. The number of rotatable bonds is 11. The first-order valence-electron chi connectivity index (χ1n) is 18.2. The van der Waals surface area contributed by atoms with Crippen LogP contribution in [-0.4, -0.2) is 119 Å². The van der Waals surface area contributed by atoms with Crippen LogP contribution in [0.25, 0.3) is 0 Å². The van der Waals surface area contributed by atoms with E-state index in [0.29, 0.717) is 50.9 Å². The molecule has 2 aromatic rings. The number of ether oxygens (including phenoxy) is 6. The molecule has 5 aliphatic carbocycles. The van der Waals surface area contributed by atoms with Gasteiger partial charge in [-0.1, -0.05) is 19.1 Å². The van der Waals surface area contributed by atoms with Gasteiger partial charge in [0.2, 0.25) is 0 Å². The van der Waals surface area contributed by atoms with Gasteiger partial charge in [0.1, 0.15) is 33.2 Å². The topological polar surface area (TPSA) is 162 Å². The van der Waals surface area contributed by atoms with E-state index in [1.165, 1.54) is 38.5 Å². The van der Waals surface area contributed by atoms with Crippen molar-refractivity contribution < 1.29 is 51.8 Å². The van der Waals surface area contributed by atoms with E-state index in [1.54, 1.807) is 39.5 Å². The second-order valence-electron chi connectivity index (χ2n) is 15.6. The van der Waals surface area contributed by atoms with Crippen molar-refractivity contribution >= 4 is 21.7 Å². The summed E-state index contributed by atoms with van der Waals surface area (Å²) in [5.41, 5.74) is -4.57. The van der Waals surface area contributed by atoms with Gasteiger partial charge in [-0.05, 0) is 56.5 Å². The van der Waals surface area contributed by atoms with Crippen LogP contribution in [-0.2, 0) is 29.0 Å². The number of hydrogen-bond donors (Lipinski definition) is 3. The van der Waals surface area contributed by atoms with E-state index in [-0.39, 0.29) is 57.9 Å². The highest BCUT2D eigenvalue weighted by molar-refractivity contribution is 7.92. The van der Waals surface area contributed by atoms with Crippen LogP contribution in [0, 0.1) is 29.1 Å². The normalized spacial score (nSPS) is 41.4. The van der Waals surface area contributed by atoms with Gasteiger partial charge >= 0.3 is 5.97 Å². The fourth-order valence-electron chi connectivity index (χ4n) is 12.6. The quantitative estimate of drug-likeness (QED) is 0.289. The standard InChI is InChI=1S/C38H50N2O11S/c1-7-40-20-35(51-34(41)22-10-8-9-11-25(22)39-52(44,45)28-13-12-21(46-2)16-26(28)47-3)15-14-31(49-5)37-29(35)18-24(32(37)40)36(42)19-27(48-4)23-17-30(37)38(36,43)33(23)50-6/h8-13,16,23-24,27,29-33,39,42-43H,7,14-15,17-20H2,1-6H3/t23-,24+,27+,29-,30+,31+,32?,33+,35-,36+,37+,38+/m1/s1. The zero-order valence-electron chi connectivity index (χ0n) is 30.5. The molecule has 14 heteroatoms. The molecule has 2 aromatic carbocycles. The van der Waals surface area contributed by atoms with Crippen LogP contribution in [0.15, 0.2) is 47.4 Å². The van der Waals surface area contributed by atoms with E-state index in [1.807, 2.05) is 0 Å². The summed E-state index contributed by atoms with van der Waals surface area (Å²) in [6.07, 6.45) is 1.32. The maximum absolute atomic E-state index is 14.5. The van der Waals surface area contributed by atoms with Crippen molar-refractivity contribution in [1.82, 2.24) is 4.90 Å². The Hall–Kier alpha value is -2.98. The van der Waals surface area contributed by atoms with E-state index in [2.05, 4.69) is 16.5 Å². The Balaban J connectivity index is 1.19. The van der Waals surface area contributed by atoms with E-state index in [4.69, 9.17) is 28.4 Å². The molecule has 0 radical (unpaired) electrons. The highest BCUT2D eigenvalue weighted by Gasteiger charge is 2.89. The van der Waals surface area contributed by atoms with Crippen LogP contribution in [0.1, 0.15) is 49.4 Å². The van der Waals surface area contributed by atoms with Crippen molar-refractivity contribution in [3.05, 3.63) is 48.0 Å². The van der Waals surface area contributed by atoms with Gasteiger partial charge in [0.15, 0.2) is 0 Å². The minimum atomic E-state index is -4.22. The molecular formula is C38H50N2O11S. The Bertz CT molecular complexity index is 1860. The third kappa shape index (κ3) is 4.42. The van der Waals surface area contributed by atoms with Crippen molar-refractivity contribution in [3.63, 3.8) is 0 Å². The van der Waals surface area contributed by atoms with E-state index in [0.717, 1.165) is 0 Å². The summed E-state index contributed by atoms with van der Waals surface area (Å²) in [6, 6.07) is 10.7. The van der Waals surface area contributed by atoms with Crippen LogP contribution in [0.4, 0.5) is 5.69 Å². The SMILES string of the molecule is CCN1C[C@]2(OC(=O)c3ccccc3NS(=O)(=O)c3ccc(OC)cc3OC)CC[C@H](OC)[C@]34C1[C@H](C[C@H]23)[C@@]1(O)C[C@H](OC)[C@H]2C[C@@H]4[C@]1(O)[C@H]2OC. The molecule has 1 heterocycles. The number of piperidine rings is 1. The minimum absolute atomic E-state index is 0.0681. The molecule has 0 aromatic heterocycles. The van der Waals surface area contributed by atoms with Gasteiger partial charge in [0.25, 0.3) is 10.0 Å². The third-order valence-corrected chi connectivity index (χ3v) is 15.6. The number of fused-ring (bicyclic) bond motifs is 2. The number of methoxy groups -OCH3 is 5. The Morgan fingerprint density at radius 1 is 0.981 bits per heavy atom. The first kappa shape index (κ1) is 36.0. The molecule has 6 fully saturated rings. The maximum atomic E-state index is 14.5. The Morgan fingerprint density at radius 3 is 2.42 bits per heavy atom. The van der Waals surface area contributed by atoms with E-state index >= 15 is 0 Å². The molecule has 12 atom stereocenters. The van der Waals surface area contributed by atoms with E-state index in [9.17, 15) is 23.4 Å². The van der Waals surface area contributed by atoms with Gasteiger partial charge in [0, 0.05) is 75.5 Å². The largest absolute Gasteiger partial charge is 0.497 e. The molecule has 6 aliphatic rings. The molecule has 1 unspecified atom stereocenters. The molecule has 1 spiro atoms. The fraction of sp³-hybridized carbons (Fsp3) is 0.658. The van der Waals surface area contributed by atoms with Gasteiger partial charge in [-0.2, -0.15) is 0 Å². The number of para-hydroxylation sites is 1. The average Bonchev–Trinajstić information content (AvgIpc) is 3.57. The summed E-state index contributed by atoms with van der Waals surface area (Å²) in [5, 5.41) is 26.0. The Kier molecular flexibility index (Phi) is 8.50. The van der Waals surface area contributed by atoms with Gasteiger partial charge in [-0.15, -0.1) is 0 Å². The summed E-state index contributed by atoms with van der Waals surface area (Å²) in [6.45, 7) is 3.16. The zero-order chi connectivity index (χ0) is 37.0. The molecule has 52 heavy (non-hydrogen) atoms. The number of benzene rings is 2. The van der Waals surface area contributed by atoms with Crippen molar-refractivity contribution in [2.24, 2.45) is 29.1 Å². The van der Waals surface area contributed by atoms with E-state index < -0.39 is 50.2 Å². The van der Waals surface area contributed by atoms with Gasteiger partial charge in [0.05, 0.1) is 43.8 Å². The highest BCUT2D eigenvalue weighted by Crippen LogP contribution is 2.79. The molecule has 3 N–H and O–H groups in total. The van der Waals surface area contributed by atoms with Gasteiger partial charge in [-0.3, -0.25) is 9.62 Å². The molecule has 7 bridgehead atoms. The van der Waals surface area contributed by atoms with Crippen LogP contribution < -0.4 is 14.2 Å². The van der Waals surface area contributed by atoms with Gasteiger partial charge < -0.3 is 38.6 Å². The lowest BCUT2D eigenvalue weighted by atomic mass is 9.44. The predicted octanol–water partition coefficient (Wildman–Crippen LogP) is 3.08. The predicted molar refractivity (Wildman–Crippen MR) is 188 cm³/mol. The second kappa shape index (κ2) is 12.3. The summed E-state index contributed by atoms with van der Waals surface area (Å²) in [5.74, 6) is -1.28. The number of carbonyl (C=O) groups excluding carboxylic acids is 1. The zero-order valence-corrected chi connectivity index (χ0v) is 31.4. The molecule has 1 aliphatic heterocycles. The number of nitrogens with zero attached hydrogens (tertiary/aromatic N) is 1. The number of sulfonamides is 1. The van der Waals surface area contributed by atoms with Crippen molar-refractivity contribution in [2.45, 2.75) is 85.1 Å². The van der Waals surface area contributed by atoms with Gasteiger partial charge in [-0.25, -0.2) is 13.2 Å². The Morgan fingerprint density at radius 2 is 1.75 bits per heavy atom. The molecule has 5 saturated carbocycles. The maximum Gasteiger partial charge on any atom is 0.340 e. The lowest BCUT2D eigenvalue weighted by Crippen LogP contribution is -2.83. The lowest BCUT2D eigenvalue weighted by molar-refractivity contribution is -0.337. The Labute approximate surface area is 304 Å². The molecule has 0 amide bonds. The number of carbonyl (C=O) groups is 1. The number of esters is 1. The molecule has 13 nitrogen and oxygen atoms in total.